The zero-order valence-electron chi connectivity index (χ0n) is 16.4. The minimum absolute atomic E-state index is 0.0419. The Hall–Kier alpha value is -2.44. The predicted molar refractivity (Wildman–Crippen MR) is 113 cm³/mol. The van der Waals surface area contributed by atoms with Crippen LogP contribution in [0.4, 0.5) is 0 Å². The van der Waals surface area contributed by atoms with Crippen LogP contribution in [-0.2, 0) is 11.3 Å². The van der Waals surface area contributed by atoms with Crippen LogP contribution in [0.15, 0.2) is 42.6 Å². The molecule has 6 nitrogen and oxygen atoms in total. The lowest BCUT2D eigenvalue weighted by atomic mass is 10.2. The lowest BCUT2D eigenvalue weighted by Crippen LogP contribution is -2.32. The number of carbonyl (C=O) groups excluding carboxylic acids is 1. The summed E-state index contributed by atoms with van der Waals surface area (Å²) in [5, 5.41) is 3.68. The number of nitrogens with zero attached hydrogens (tertiary/aromatic N) is 4. The number of imidazole rings is 1. The number of pyridine rings is 1. The van der Waals surface area contributed by atoms with E-state index in [-0.39, 0.29) is 12.5 Å². The molecule has 0 spiro atoms. The molecule has 3 aromatic rings. The number of nitrogens with one attached hydrogen (secondary N) is 1. The third kappa shape index (κ3) is 4.88. The van der Waals surface area contributed by atoms with E-state index in [0.717, 1.165) is 37.1 Å². The van der Waals surface area contributed by atoms with Gasteiger partial charge in [-0.1, -0.05) is 25.4 Å². The van der Waals surface area contributed by atoms with E-state index in [2.05, 4.69) is 34.0 Å². The number of halogens is 1. The summed E-state index contributed by atoms with van der Waals surface area (Å²) >= 11 is 6.01. The number of hydrogen-bond acceptors (Lipinski definition) is 4. The summed E-state index contributed by atoms with van der Waals surface area (Å²) in [5.74, 6) is 0.670. The van der Waals surface area contributed by atoms with Gasteiger partial charge >= 0.3 is 0 Å². The van der Waals surface area contributed by atoms with Gasteiger partial charge in [-0.25, -0.2) is 9.97 Å². The maximum absolute atomic E-state index is 12.6. The van der Waals surface area contributed by atoms with Crippen molar-refractivity contribution in [3.05, 3.63) is 47.6 Å². The molecule has 0 saturated carbocycles. The van der Waals surface area contributed by atoms with Crippen LogP contribution in [0.25, 0.3) is 22.6 Å². The number of carbonyl (C=O) groups is 1. The Kier molecular flexibility index (Phi) is 7.01. The number of rotatable bonds is 9. The quantitative estimate of drug-likeness (QED) is 0.558. The van der Waals surface area contributed by atoms with Gasteiger partial charge in [-0.2, -0.15) is 0 Å². The van der Waals surface area contributed by atoms with Gasteiger partial charge in [0.25, 0.3) is 0 Å². The van der Waals surface area contributed by atoms with Crippen LogP contribution >= 0.6 is 11.6 Å². The highest BCUT2D eigenvalue weighted by atomic mass is 35.5. The number of fused-ring (bicyclic) bond motifs is 1. The smallest absolute Gasteiger partial charge is 0.240 e. The Balaban J connectivity index is 1.73. The van der Waals surface area contributed by atoms with Crippen LogP contribution in [0.2, 0.25) is 5.02 Å². The van der Waals surface area contributed by atoms with Crippen LogP contribution in [0.3, 0.4) is 0 Å². The van der Waals surface area contributed by atoms with E-state index in [4.69, 9.17) is 11.6 Å². The maximum Gasteiger partial charge on any atom is 0.240 e. The average molecular weight is 400 g/mol. The summed E-state index contributed by atoms with van der Waals surface area (Å²) in [5.41, 5.74) is 2.37. The zero-order valence-corrected chi connectivity index (χ0v) is 17.1. The van der Waals surface area contributed by atoms with Gasteiger partial charge in [0.15, 0.2) is 5.65 Å². The largest absolute Gasteiger partial charge is 0.355 e. The summed E-state index contributed by atoms with van der Waals surface area (Å²) in [6, 6.07) is 11.2. The molecule has 7 heteroatoms. The molecule has 0 saturated heterocycles. The fourth-order valence-corrected chi connectivity index (χ4v) is 3.32. The molecule has 148 valence electrons. The molecule has 0 unspecified atom stereocenters. The molecule has 0 aliphatic carbocycles. The first kappa shape index (κ1) is 20.3. The number of benzene rings is 1. The summed E-state index contributed by atoms with van der Waals surface area (Å²) in [6.07, 6.45) is 2.65. The van der Waals surface area contributed by atoms with Crippen LogP contribution in [-0.4, -0.2) is 51.5 Å². The van der Waals surface area contributed by atoms with Gasteiger partial charge in [-0.05, 0) is 62.5 Å². The van der Waals surface area contributed by atoms with Gasteiger partial charge in [-0.15, -0.1) is 0 Å². The van der Waals surface area contributed by atoms with Gasteiger partial charge in [0, 0.05) is 23.3 Å². The van der Waals surface area contributed by atoms with Gasteiger partial charge in [0.05, 0.1) is 0 Å². The molecule has 0 atom stereocenters. The maximum atomic E-state index is 12.6. The molecule has 1 amide bonds. The standard InChI is InChI=1S/C21H26ClN5O/c1-3-26(4-2)14-6-13-23-19(28)15-27-20(16-8-10-17(22)11-9-16)25-18-7-5-12-24-21(18)27/h5,7-12H,3-4,6,13-15H2,1-2H3,(H,23,28). The third-order valence-corrected chi connectivity index (χ3v) is 5.03. The number of aromatic nitrogens is 3. The number of amides is 1. The fraction of sp³-hybridized carbons (Fsp3) is 0.381. The van der Waals surface area contributed by atoms with Crippen LogP contribution in [0.1, 0.15) is 20.3 Å². The topological polar surface area (TPSA) is 63.1 Å². The lowest BCUT2D eigenvalue weighted by molar-refractivity contribution is -0.121. The molecule has 0 aliphatic heterocycles. The van der Waals surface area contributed by atoms with Crippen molar-refractivity contribution in [2.45, 2.75) is 26.8 Å². The molecule has 28 heavy (non-hydrogen) atoms. The first-order valence-corrected chi connectivity index (χ1v) is 10.1. The summed E-state index contributed by atoms with van der Waals surface area (Å²) in [4.78, 5) is 24.0. The highest BCUT2D eigenvalue weighted by Gasteiger charge is 2.16. The zero-order chi connectivity index (χ0) is 19.9. The highest BCUT2D eigenvalue weighted by molar-refractivity contribution is 6.30. The Bertz CT molecular complexity index is 918. The predicted octanol–water partition coefficient (Wildman–Crippen LogP) is 3.60. The molecule has 2 aromatic heterocycles. The average Bonchev–Trinajstić information content (AvgIpc) is 3.07. The molecule has 1 aromatic carbocycles. The summed E-state index contributed by atoms with van der Waals surface area (Å²) in [7, 11) is 0. The monoisotopic (exact) mass is 399 g/mol. The minimum Gasteiger partial charge on any atom is -0.355 e. The Morgan fingerprint density at radius 2 is 1.93 bits per heavy atom. The molecule has 3 rings (SSSR count). The van der Waals surface area contributed by atoms with E-state index in [1.54, 1.807) is 6.20 Å². The molecular formula is C21H26ClN5O. The van der Waals surface area contributed by atoms with Crippen molar-refractivity contribution in [1.29, 1.82) is 0 Å². The van der Waals surface area contributed by atoms with Crippen molar-refractivity contribution in [2.75, 3.05) is 26.2 Å². The van der Waals surface area contributed by atoms with E-state index in [1.165, 1.54) is 0 Å². The van der Waals surface area contributed by atoms with E-state index < -0.39 is 0 Å². The van der Waals surface area contributed by atoms with E-state index in [0.29, 0.717) is 23.0 Å². The van der Waals surface area contributed by atoms with Crippen molar-refractivity contribution in [2.24, 2.45) is 0 Å². The van der Waals surface area contributed by atoms with Gasteiger partial charge < -0.3 is 10.2 Å². The van der Waals surface area contributed by atoms with Crippen molar-refractivity contribution >= 4 is 28.7 Å². The van der Waals surface area contributed by atoms with Crippen molar-refractivity contribution in [3.63, 3.8) is 0 Å². The van der Waals surface area contributed by atoms with Crippen molar-refractivity contribution < 1.29 is 4.79 Å². The highest BCUT2D eigenvalue weighted by Crippen LogP contribution is 2.24. The molecule has 2 heterocycles. The Morgan fingerprint density at radius 1 is 1.18 bits per heavy atom. The first-order chi connectivity index (χ1) is 13.6. The van der Waals surface area contributed by atoms with Crippen LogP contribution < -0.4 is 5.32 Å². The van der Waals surface area contributed by atoms with Crippen molar-refractivity contribution in [1.82, 2.24) is 24.8 Å². The minimum atomic E-state index is -0.0419. The van der Waals surface area contributed by atoms with Gasteiger partial charge in [0.2, 0.25) is 5.91 Å². The molecule has 0 radical (unpaired) electrons. The third-order valence-electron chi connectivity index (χ3n) is 4.78. The Morgan fingerprint density at radius 3 is 2.64 bits per heavy atom. The second kappa shape index (κ2) is 9.66. The molecule has 0 fully saturated rings. The van der Waals surface area contributed by atoms with E-state index >= 15 is 0 Å². The second-order valence-corrected chi connectivity index (χ2v) is 7.04. The van der Waals surface area contributed by atoms with E-state index in [9.17, 15) is 4.79 Å². The second-order valence-electron chi connectivity index (χ2n) is 6.60. The van der Waals surface area contributed by atoms with Crippen LogP contribution in [0.5, 0.6) is 0 Å². The number of hydrogen-bond donors (Lipinski definition) is 1. The van der Waals surface area contributed by atoms with Crippen molar-refractivity contribution in [3.8, 4) is 11.4 Å². The normalized spacial score (nSPS) is 11.3. The van der Waals surface area contributed by atoms with Gasteiger partial charge in [-0.3, -0.25) is 9.36 Å². The lowest BCUT2D eigenvalue weighted by Gasteiger charge is -2.17. The summed E-state index contributed by atoms with van der Waals surface area (Å²) in [6.45, 7) is 8.18. The molecular weight excluding hydrogens is 374 g/mol. The molecule has 0 bridgehead atoms. The van der Waals surface area contributed by atoms with Crippen LogP contribution in [0, 0.1) is 0 Å². The Labute approximate surface area is 170 Å². The molecule has 0 aliphatic rings. The SMILES string of the molecule is CCN(CC)CCCNC(=O)Cn1c(-c2ccc(Cl)cc2)nc2cccnc21. The van der Waals surface area contributed by atoms with E-state index in [1.807, 2.05) is 41.0 Å². The molecule has 1 N–H and O–H groups in total. The first-order valence-electron chi connectivity index (χ1n) is 9.68. The summed E-state index contributed by atoms with van der Waals surface area (Å²) < 4.78 is 1.86. The fourth-order valence-electron chi connectivity index (χ4n) is 3.20. The van der Waals surface area contributed by atoms with Gasteiger partial charge in [0.1, 0.15) is 17.9 Å².